The fraction of sp³-hybridized carbons (Fsp3) is 0.167. The molecule has 0 saturated carbocycles. The average molecular weight is 252 g/mol. The van der Waals surface area contributed by atoms with Crippen molar-refractivity contribution >= 4 is 23.1 Å². The Morgan fingerprint density at radius 1 is 1.29 bits per heavy atom. The van der Waals surface area contributed by atoms with E-state index in [4.69, 9.17) is 11.6 Å². The molecule has 0 radical (unpaired) electrons. The van der Waals surface area contributed by atoms with Gasteiger partial charge in [0.25, 0.3) is 0 Å². The van der Waals surface area contributed by atoms with Crippen LogP contribution in [0.2, 0.25) is 5.28 Å². The lowest BCUT2D eigenvalue weighted by Gasteiger charge is -2.10. The van der Waals surface area contributed by atoms with Gasteiger partial charge < -0.3 is 5.32 Å². The van der Waals surface area contributed by atoms with Crippen molar-refractivity contribution in [3.8, 4) is 0 Å². The predicted molar refractivity (Wildman–Crippen MR) is 66.2 cm³/mol. The highest BCUT2D eigenvalue weighted by molar-refractivity contribution is 6.28. The normalized spacial score (nSPS) is 10.4. The summed E-state index contributed by atoms with van der Waals surface area (Å²) in [7, 11) is 0. The average Bonchev–Trinajstić information content (AvgIpc) is 2.28. The molecule has 1 N–H and O–H groups in total. The van der Waals surface area contributed by atoms with E-state index in [1.807, 2.05) is 32.0 Å². The molecule has 1 aromatic heterocycles. The minimum Gasteiger partial charge on any atom is -0.337 e. The summed E-state index contributed by atoms with van der Waals surface area (Å²) in [6.45, 7) is 3.90. The van der Waals surface area contributed by atoms with Crippen molar-refractivity contribution in [2.75, 3.05) is 5.32 Å². The van der Waals surface area contributed by atoms with Gasteiger partial charge in [0.15, 0.2) is 11.6 Å². The molecule has 0 aliphatic rings. The maximum absolute atomic E-state index is 13.4. The van der Waals surface area contributed by atoms with Crippen molar-refractivity contribution in [1.29, 1.82) is 0 Å². The number of halogens is 2. The molecule has 0 unspecified atom stereocenters. The van der Waals surface area contributed by atoms with E-state index < -0.39 is 5.82 Å². The first-order chi connectivity index (χ1) is 8.06. The van der Waals surface area contributed by atoms with E-state index in [0.29, 0.717) is 0 Å². The van der Waals surface area contributed by atoms with E-state index >= 15 is 0 Å². The first kappa shape index (κ1) is 11.8. The van der Waals surface area contributed by atoms with Gasteiger partial charge in [-0.2, -0.15) is 4.98 Å². The van der Waals surface area contributed by atoms with Gasteiger partial charge in [-0.25, -0.2) is 9.37 Å². The third-order valence-electron chi connectivity index (χ3n) is 2.36. The van der Waals surface area contributed by atoms with Gasteiger partial charge in [-0.1, -0.05) is 12.1 Å². The van der Waals surface area contributed by atoms with E-state index in [-0.39, 0.29) is 11.1 Å². The van der Waals surface area contributed by atoms with E-state index in [9.17, 15) is 4.39 Å². The molecule has 0 bridgehead atoms. The number of aromatic nitrogens is 2. The number of anilines is 2. The summed E-state index contributed by atoms with van der Waals surface area (Å²) in [4.78, 5) is 7.37. The smallest absolute Gasteiger partial charge is 0.224 e. The van der Waals surface area contributed by atoms with Gasteiger partial charge in [0, 0.05) is 5.69 Å². The van der Waals surface area contributed by atoms with Crippen LogP contribution in [0.1, 0.15) is 11.1 Å². The summed E-state index contributed by atoms with van der Waals surface area (Å²) < 4.78 is 13.4. The standard InChI is InChI=1S/C12H11ClFN3/c1-7-3-4-8(2)10(5-7)16-11-9(14)6-15-12(13)17-11/h3-6H,1-2H3,(H,15,16,17). The molecule has 1 aromatic carbocycles. The van der Waals surface area contributed by atoms with Crippen molar-refractivity contribution in [3.05, 3.63) is 46.6 Å². The Hall–Kier alpha value is -1.68. The topological polar surface area (TPSA) is 37.8 Å². The molecule has 0 aliphatic heterocycles. The van der Waals surface area contributed by atoms with Crippen LogP contribution in [-0.2, 0) is 0 Å². The molecule has 0 amide bonds. The minimum atomic E-state index is -0.532. The van der Waals surface area contributed by atoms with Gasteiger partial charge in [0.2, 0.25) is 5.28 Å². The van der Waals surface area contributed by atoms with Crippen LogP contribution >= 0.6 is 11.6 Å². The fourth-order valence-electron chi connectivity index (χ4n) is 1.43. The molecule has 1 heterocycles. The number of nitrogens with one attached hydrogen (secondary N) is 1. The van der Waals surface area contributed by atoms with Gasteiger partial charge in [-0.3, -0.25) is 0 Å². The number of benzene rings is 1. The van der Waals surface area contributed by atoms with Crippen molar-refractivity contribution in [1.82, 2.24) is 9.97 Å². The maximum atomic E-state index is 13.4. The second-order valence-electron chi connectivity index (χ2n) is 3.78. The second kappa shape index (κ2) is 4.67. The van der Waals surface area contributed by atoms with Crippen LogP contribution in [0.4, 0.5) is 15.9 Å². The van der Waals surface area contributed by atoms with E-state index in [0.717, 1.165) is 23.0 Å². The maximum Gasteiger partial charge on any atom is 0.224 e. The van der Waals surface area contributed by atoms with Crippen LogP contribution in [0.15, 0.2) is 24.4 Å². The van der Waals surface area contributed by atoms with E-state index in [2.05, 4.69) is 15.3 Å². The zero-order valence-corrected chi connectivity index (χ0v) is 10.2. The number of hydrogen-bond acceptors (Lipinski definition) is 3. The number of rotatable bonds is 2. The van der Waals surface area contributed by atoms with Crippen LogP contribution in [0, 0.1) is 19.7 Å². The van der Waals surface area contributed by atoms with Crippen LogP contribution in [-0.4, -0.2) is 9.97 Å². The number of aryl methyl sites for hydroxylation is 2. The van der Waals surface area contributed by atoms with Crippen LogP contribution in [0.5, 0.6) is 0 Å². The molecule has 0 spiro atoms. The monoisotopic (exact) mass is 251 g/mol. The molecular formula is C12H11ClFN3. The predicted octanol–water partition coefficient (Wildman–Crippen LogP) is 3.63. The molecule has 0 fully saturated rings. The molecule has 17 heavy (non-hydrogen) atoms. The zero-order valence-electron chi connectivity index (χ0n) is 9.46. The lowest BCUT2D eigenvalue weighted by Crippen LogP contribution is -2.00. The molecule has 3 nitrogen and oxygen atoms in total. The minimum absolute atomic E-state index is 0.0132. The highest BCUT2D eigenvalue weighted by Gasteiger charge is 2.07. The third kappa shape index (κ3) is 2.71. The van der Waals surface area contributed by atoms with Crippen LogP contribution in [0.3, 0.4) is 0 Å². The molecular weight excluding hydrogens is 241 g/mol. The van der Waals surface area contributed by atoms with E-state index in [1.54, 1.807) is 0 Å². The summed E-state index contributed by atoms with van der Waals surface area (Å²) in [6, 6.07) is 5.87. The Morgan fingerprint density at radius 3 is 2.82 bits per heavy atom. The lowest BCUT2D eigenvalue weighted by molar-refractivity contribution is 0.619. The SMILES string of the molecule is Cc1ccc(C)c(Nc2nc(Cl)ncc2F)c1. The summed E-state index contributed by atoms with van der Waals surface area (Å²) >= 11 is 5.63. The van der Waals surface area contributed by atoms with E-state index in [1.165, 1.54) is 0 Å². The van der Waals surface area contributed by atoms with Crippen molar-refractivity contribution in [2.45, 2.75) is 13.8 Å². The molecule has 0 aliphatic carbocycles. The molecule has 0 saturated heterocycles. The van der Waals surface area contributed by atoms with Crippen molar-refractivity contribution < 1.29 is 4.39 Å². The van der Waals surface area contributed by atoms with Gasteiger partial charge in [-0.15, -0.1) is 0 Å². The number of hydrogen-bond donors (Lipinski definition) is 1. The molecule has 0 atom stereocenters. The third-order valence-corrected chi connectivity index (χ3v) is 2.54. The number of nitrogens with zero attached hydrogens (tertiary/aromatic N) is 2. The van der Waals surface area contributed by atoms with Gasteiger partial charge >= 0.3 is 0 Å². The first-order valence-corrected chi connectivity index (χ1v) is 5.46. The summed E-state index contributed by atoms with van der Waals surface area (Å²) in [5.41, 5.74) is 2.89. The summed E-state index contributed by atoms with van der Waals surface area (Å²) in [5, 5.41) is 2.92. The largest absolute Gasteiger partial charge is 0.337 e. The summed E-state index contributed by atoms with van der Waals surface area (Å²) in [6.07, 6.45) is 1.04. The Bertz CT molecular complexity index is 508. The zero-order chi connectivity index (χ0) is 12.4. The van der Waals surface area contributed by atoms with Crippen LogP contribution < -0.4 is 5.32 Å². The van der Waals surface area contributed by atoms with Crippen LogP contribution in [0.25, 0.3) is 0 Å². The highest BCUT2D eigenvalue weighted by atomic mass is 35.5. The van der Waals surface area contributed by atoms with Gasteiger partial charge in [0.05, 0.1) is 6.20 Å². The van der Waals surface area contributed by atoms with Gasteiger partial charge in [0.1, 0.15) is 0 Å². The Morgan fingerprint density at radius 2 is 2.06 bits per heavy atom. The molecule has 88 valence electrons. The lowest BCUT2D eigenvalue weighted by atomic mass is 10.1. The second-order valence-corrected chi connectivity index (χ2v) is 4.12. The van der Waals surface area contributed by atoms with Crippen molar-refractivity contribution in [3.63, 3.8) is 0 Å². The summed E-state index contributed by atoms with van der Waals surface area (Å²) in [5.74, 6) is -0.450. The Labute approximate surface area is 104 Å². The molecule has 5 heteroatoms. The quantitative estimate of drug-likeness (QED) is 0.829. The Kier molecular flexibility index (Phi) is 3.24. The highest BCUT2D eigenvalue weighted by Crippen LogP contribution is 2.22. The fourth-order valence-corrected chi connectivity index (χ4v) is 1.56. The molecule has 2 rings (SSSR count). The van der Waals surface area contributed by atoms with Crippen molar-refractivity contribution in [2.24, 2.45) is 0 Å². The van der Waals surface area contributed by atoms with Gasteiger partial charge in [-0.05, 0) is 42.6 Å². The molecule has 2 aromatic rings. The first-order valence-electron chi connectivity index (χ1n) is 5.08. The Balaban J connectivity index is 2.37.